The molecule has 4 nitrogen and oxygen atoms in total. The molecule has 4 heteroatoms. The van der Waals surface area contributed by atoms with Gasteiger partial charge in [0.05, 0.1) is 17.1 Å². The summed E-state index contributed by atoms with van der Waals surface area (Å²) in [6, 6.07) is 86.5. The molecule has 0 bridgehead atoms. The van der Waals surface area contributed by atoms with Gasteiger partial charge in [-0.2, -0.15) is 0 Å². The third-order valence-electron chi connectivity index (χ3n) is 13.0. The molecule has 2 aromatic heterocycles. The van der Waals surface area contributed by atoms with E-state index in [9.17, 15) is 0 Å². The molecule has 0 unspecified atom stereocenters. The predicted octanol–water partition coefficient (Wildman–Crippen LogP) is 18.1. The first-order valence-electron chi connectivity index (χ1n) is 22.4. The Balaban J connectivity index is 0.982. The molecule has 0 N–H and O–H groups in total. The fourth-order valence-electron chi connectivity index (χ4n) is 9.85. The van der Waals surface area contributed by atoms with Crippen molar-refractivity contribution in [3.63, 3.8) is 0 Å². The smallest absolute Gasteiger partial charge is 0.159 e. The molecular formula is C62H40N2O2. The minimum absolute atomic E-state index is 0.848. The van der Waals surface area contributed by atoms with Crippen LogP contribution in [-0.4, -0.2) is 0 Å². The van der Waals surface area contributed by atoms with E-state index in [1.165, 1.54) is 21.5 Å². The van der Waals surface area contributed by atoms with E-state index in [4.69, 9.17) is 8.83 Å². The molecule has 2 heterocycles. The Morgan fingerprint density at radius 3 is 1.41 bits per heavy atom. The highest BCUT2D eigenvalue weighted by Gasteiger charge is 2.24. The maximum absolute atomic E-state index is 6.71. The molecule has 0 spiro atoms. The van der Waals surface area contributed by atoms with Gasteiger partial charge in [0.15, 0.2) is 11.2 Å². The van der Waals surface area contributed by atoms with Crippen LogP contribution in [0.2, 0.25) is 0 Å². The number of para-hydroxylation sites is 5. The summed E-state index contributed by atoms with van der Waals surface area (Å²) >= 11 is 0. The van der Waals surface area contributed by atoms with Crippen LogP contribution in [0.1, 0.15) is 0 Å². The number of hydrogen-bond donors (Lipinski definition) is 0. The van der Waals surface area contributed by atoms with E-state index >= 15 is 0 Å². The summed E-state index contributed by atoms with van der Waals surface area (Å²) < 4.78 is 13.4. The van der Waals surface area contributed by atoms with E-state index in [0.29, 0.717) is 0 Å². The summed E-state index contributed by atoms with van der Waals surface area (Å²) in [6.45, 7) is 0. The first-order valence-corrected chi connectivity index (χ1v) is 22.4. The third-order valence-corrected chi connectivity index (χ3v) is 13.0. The maximum Gasteiger partial charge on any atom is 0.159 e. The normalized spacial score (nSPS) is 11.6. The molecule has 0 aliphatic carbocycles. The second kappa shape index (κ2) is 15.4. The van der Waals surface area contributed by atoms with Crippen LogP contribution in [0.5, 0.6) is 0 Å². The zero-order valence-corrected chi connectivity index (χ0v) is 35.8. The maximum atomic E-state index is 6.71. The molecule has 0 atom stereocenters. The summed E-state index contributed by atoms with van der Waals surface area (Å²) in [5, 5.41) is 9.15. The highest BCUT2D eigenvalue weighted by atomic mass is 16.3. The summed E-state index contributed by atoms with van der Waals surface area (Å²) in [6.07, 6.45) is 0. The molecule has 0 radical (unpaired) electrons. The van der Waals surface area contributed by atoms with Gasteiger partial charge in [-0.25, -0.2) is 0 Å². The predicted molar refractivity (Wildman–Crippen MR) is 276 cm³/mol. The molecule has 66 heavy (non-hydrogen) atoms. The number of fused-ring (bicyclic) bond motifs is 8. The van der Waals surface area contributed by atoms with Gasteiger partial charge in [0.1, 0.15) is 11.2 Å². The zero-order valence-electron chi connectivity index (χ0n) is 35.8. The van der Waals surface area contributed by atoms with Crippen molar-refractivity contribution in [2.75, 3.05) is 9.80 Å². The van der Waals surface area contributed by atoms with Crippen molar-refractivity contribution in [1.29, 1.82) is 0 Å². The molecule has 13 aromatic rings. The molecular weight excluding hydrogens is 805 g/mol. The van der Waals surface area contributed by atoms with Crippen molar-refractivity contribution in [1.82, 2.24) is 0 Å². The molecule has 13 rings (SSSR count). The lowest BCUT2D eigenvalue weighted by Gasteiger charge is -2.28. The summed E-state index contributed by atoms with van der Waals surface area (Å²) in [5.41, 5.74) is 14.0. The van der Waals surface area contributed by atoms with E-state index in [0.717, 1.165) is 100 Å². The monoisotopic (exact) mass is 844 g/mol. The van der Waals surface area contributed by atoms with Crippen molar-refractivity contribution < 1.29 is 8.83 Å². The minimum Gasteiger partial charge on any atom is -0.454 e. The highest BCUT2D eigenvalue weighted by Crippen LogP contribution is 2.48. The van der Waals surface area contributed by atoms with Crippen LogP contribution in [0, 0.1) is 0 Å². The Morgan fingerprint density at radius 2 is 0.742 bits per heavy atom. The standard InChI is InChI=1S/C62H40N2O2/c1-2-18-48(19-3-1)64(58-25-13-23-54-52-21-9-11-27-60(52)66-62(54)58)56-37-33-46(40-55(56)47-29-28-41-14-4-6-16-44(41)38-47)43-30-34-49(35-31-43)63(50-36-32-42-15-5-7-17-45(42)39-50)57-24-12-22-53-51-20-8-10-26-59(51)65-61(53)57/h1-40H. The van der Waals surface area contributed by atoms with Gasteiger partial charge in [-0.05, 0) is 117 Å². The SMILES string of the molecule is c1ccc(N(c2ccc(-c3ccc(N(c4ccc5ccccc5c4)c4cccc5c4oc4ccccc45)cc3)cc2-c2ccc3ccccc3c2)c2cccc3c2oc2ccccc23)cc1. The van der Waals surface area contributed by atoms with Crippen LogP contribution in [0.25, 0.3) is 87.7 Å². The van der Waals surface area contributed by atoms with Crippen LogP contribution in [0.15, 0.2) is 251 Å². The Kier molecular flexibility index (Phi) is 8.81. The molecule has 0 saturated carbocycles. The summed E-state index contributed by atoms with van der Waals surface area (Å²) in [5.74, 6) is 0. The van der Waals surface area contributed by atoms with Gasteiger partial charge >= 0.3 is 0 Å². The van der Waals surface area contributed by atoms with Gasteiger partial charge in [-0.1, -0.05) is 164 Å². The molecule has 0 amide bonds. The molecule has 0 aliphatic heterocycles. The molecule has 0 fully saturated rings. The first-order chi connectivity index (χ1) is 32.7. The lowest BCUT2D eigenvalue weighted by atomic mass is 9.94. The van der Waals surface area contributed by atoms with Gasteiger partial charge < -0.3 is 18.6 Å². The lowest BCUT2D eigenvalue weighted by molar-refractivity contribution is 0.668. The fraction of sp³-hybridized carbons (Fsp3) is 0. The average Bonchev–Trinajstić information content (AvgIpc) is 3.97. The van der Waals surface area contributed by atoms with Crippen LogP contribution < -0.4 is 9.80 Å². The number of benzene rings is 11. The van der Waals surface area contributed by atoms with Crippen LogP contribution in [0.4, 0.5) is 34.1 Å². The van der Waals surface area contributed by atoms with Gasteiger partial charge in [0, 0.05) is 44.2 Å². The quantitative estimate of drug-likeness (QED) is 0.153. The Morgan fingerprint density at radius 1 is 0.258 bits per heavy atom. The van der Waals surface area contributed by atoms with Crippen LogP contribution >= 0.6 is 0 Å². The highest BCUT2D eigenvalue weighted by molar-refractivity contribution is 6.12. The lowest BCUT2D eigenvalue weighted by Crippen LogP contribution is -2.11. The second-order valence-corrected chi connectivity index (χ2v) is 16.9. The molecule has 0 aliphatic rings. The molecule has 310 valence electrons. The Hall–Kier alpha value is -8.86. The molecule has 0 saturated heterocycles. The summed E-state index contributed by atoms with van der Waals surface area (Å²) in [4.78, 5) is 4.67. The fourth-order valence-corrected chi connectivity index (χ4v) is 9.85. The van der Waals surface area contributed by atoms with Gasteiger partial charge in [0.2, 0.25) is 0 Å². The Bertz CT molecular complexity index is 3960. The largest absolute Gasteiger partial charge is 0.454 e. The van der Waals surface area contributed by atoms with Gasteiger partial charge in [-0.15, -0.1) is 0 Å². The number of rotatable bonds is 8. The molecule has 11 aromatic carbocycles. The van der Waals surface area contributed by atoms with Crippen molar-refractivity contribution >= 4 is 99.5 Å². The average molecular weight is 845 g/mol. The third kappa shape index (κ3) is 6.30. The zero-order chi connectivity index (χ0) is 43.6. The second-order valence-electron chi connectivity index (χ2n) is 16.9. The summed E-state index contributed by atoms with van der Waals surface area (Å²) in [7, 11) is 0. The van der Waals surface area contributed by atoms with Crippen molar-refractivity contribution in [2.45, 2.75) is 0 Å². The van der Waals surface area contributed by atoms with Crippen molar-refractivity contribution in [3.05, 3.63) is 243 Å². The van der Waals surface area contributed by atoms with Crippen LogP contribution in [-0.2, 0) is 0 Å². The number of anilines is 6. The van der Waals surface area contributed by atoms with E-state index in [-0.39, 0.29) is 0 Å². The van der Waals surface area contributed by atoms with E-state index in [1.807, 2.05) is 24.3 Å². The topological polar surface area (TPSA) is 32.8 Å². The van der Waals surface area contributed by atoms with Gasteiger partial charge in [-0.3, -0.25) is 0 Å². The van der Waals surface area contributed by atoms with Gasteiger partial charge in [0.25, 0.3) is 0 Å². The number of furan rings is 2. The van der Waals surface area contributed by atoms with E-state index in [1.54, 1.807) is 0 Å². The van der Waals surface area contributed by atoms with Crippen molar-refractivity contribution in [3.8, 4) is 22.3 Å². The number of hydrogen-bond acceptors (Lipinski definition) is 4. The van der Waals surface area contributed by atoms with Crippen LogP contribution in [0.3, 0.4) is 0 Å². The Labute approximate surface area is 381 Å². The first kappa shape index (κ1) is 37.7. The van der Waals surface area contributed by atoms with E-state index < -0.39 is 0 Å². The van der Waals surface area contributed by atoms with E-state index in [2.05, 4.69) is 228 Å². The number of nitrogens with zero attached hydrogens (tertiary/aromatic N) is 2. The minimum atomic E-state index is 0.848. The van der Waals surface area contributed by atoms with Crippen molar-refractivity contribution in [2.24, 2.45) is 0 Å².